The largest absolute Gasteiger partial charge is 0.497 e. The van der Waals surface area contributed by atoms with Gasteiger partial charge in [0.1, 0.15) is 11.5 Å². The molecule has 0 atom stereocenters. The van der Waals surface area contributed by atoms with Gasteiger partial charge in [-0.1, -0.05) is 13.8 Å². The molecule has 10 heteroatoms. The number of fused-ring (bicyclic) bond motifs is 8. The number of methoxy groups -OCH3 is 4. The van der Waals surface area contributed by atoms with Gasteiger partial charge in [0.05, 0.1) is 51.2 Å². The molecule has 0 radical (unpaired) electrons. The average Bonchev–Trinajstić information content (AvgIpc) is 3.85. The van der Waals surface area contributed by atoms with Crippen molar-refractivity contribution in [2.24, 2.45) is 0 Å². The SMILES string of the molecule is CCC1=C(C)c2nc1cc1[nH]c(cc3[nH]c(cc4nc(c2-c2cc(OC)cc(OC)c2)C(C)=C4CC)c(C)c3CCC(=O)OC)c(CCC(=O)OC)c1C. The summed E-state index contributed by atoms with van der Waals surface area (Å²) in [6, 6.07) is 12.2. The lowest BCUT2D eigenvalue weighted by Gasteiger charge is -2.13. The fourth-order valence-electron chi connectivity index (χ4n) is 7.78. The number of hydrogen-bond acceptors (Lipinski definition) is 8. The first-order valence-corrected chi connectivity index (χ1v) is 18.5. The minimum absolute atomic E-state index is 0.234. The first-order chi connectivity index (χ1) is 26.0. The lowest BCUT2D eigenvalue weighted by molar-refractivity contribution is -0.141. The number of benzene rings is 1. The molecule has 2 N–H and O–H groups in total. The van der Waals surface area contributed by atoms with E-state index in [9.17, 15) is 9.59 Å². The average molecular weight is 731 g/mol. The third-order valence-electron chi connectivity index (χ3n) is 10.9. The van der Waals surface area contributed by atoms with E-state index in [1.54, 1.807) is 14.2 Å². The molecule has 282 valence electrons. The summed E-state index contributed by atoms with van der Waals surface area (Å²) >= 11 is 0. The highest BCUT2D eigenvalue weighted by molar-refractivity contribution is 6.02. The van der Waals surface area contributed by atoms with Crippen LogP contribution in [0.5, 0.6) is 11.5 Å². The van der Waals surface area contributed by atoms with Crippen molar-refractivity contribution >= 4 is 56.3 Å². The van der Waals surface area contributed by atoms with E-state index in [4.69, 9.17) is 28.9 Å². The number of rotatable bonds is 11. The Morgan fingerprint density at radius 3 is 1.39 bits per heavy atom. The molecule has 0 aliphatic carbocycles. The van der Waals surface area contributed by atoms with E-state index in [0.717, 1.165) is 113 Å². The molecular formula is C44H50N4O6. The molecule has 2 aliphatic heterocycles. The van der Waals surface area contributed by atoms with Crippen molar-refractivity contribution in [1.82, 2.24) is 19.9 Å². The van der Waals surface area contributed by atoms with Crippen LogP contribution in [-0.4, -0.2) is 60.3 Å². The monoisotopic (exact) mass is 730 g/mol. The van der Waals surface area contributed by atoms with E-state index in [2.05, 4.69) is 69.7 Å². The minimum Gasteiger partial charge on any atom is -0.497 e. The molecule has 54 heavy (non-hydrogen) atoms. The lowest BCUT2D eigenvalue weighted by Crippen LogP contribution is -2.02. The van der Waals surface area contributed by atoms with Gasteiger partial charge in [0.25, 0.3) is 0 Å². The molecule has 6 rings (SSSR count). The summed E-state index contributed by atoms with van der Waals surface area (Å²) in [5.41, 5.74) is 17.3. The van der Waals surface area contributed by atoms with Crippen LogP contribution < -0.4 is 9.47 Å². The van der Waals surface area contributed by atoms with E-state index in [1.165, 1.54) is 14.2 Å². The molecule has 4 aromatic rings. The molecule has 0 spiro atoms. The van der Waals surface area contributed by atoms with E-state index < -0.39 is 0 Å². The van der Waals surface area contributed by atoms with Gasteiger partial charge in [-0.3, -0.25) is 9.59 Å². The third-order valence-corrected chi connectivity index (χ3v) is 10.9. The van der Waals surface area contributed by atoms with Crippen molar-refractivity contribution in [3.05, 3.63) is 81.4 Å². The Morgan fingerprint density at radius 1 is 0.593 bits per heavy atom. The number of carbonyl (C=O) groups excluding carboxylic acids is 2. The van der Waals surface area contributed by atoms with Crippen molar-refractivity contribution in [2.75, 3.05) is 28.4 Å². The van der Waals surface area contributed by atoms with Gasteiger partial charge in [0, 0.05) is 46.5 Å². The van der Waals surface area contributed by atoms with E-state index in [0.29, 0.717) is 24.3 Å². The number of nitrogens with zero attached hydrogens (tertiary/aromatic N) is 2. The summed E-state index contributed by atoms with van der Waals surface area (Å²) < 4.78 is 21.6. The fraction of sp³-hybridized carbons (Fsp3) is 0.364. The lowest BCUT2D eigenvalue weighted by atomic mass is 9.93. The first-order valence-electron chi connectivity index (χ1n) is 18.5. The quantitative estimate of drug-likeness (QED) is 0.146. The number of nitrogens with one attached hydrogen (secondary N) is 2. The fourth-order valence-corrected chi connectivity index (χ4v) is 7.78. The van der Waals surface area contributed by atoms with Gasteiger partial charge in [-0.15, -0.1) is 0 Å². The molecule has 2 aliphatic rings. The Labute approximate surface area is 316 Å². The summed E-state index contributed by atoms with van der Waals surface area (Å²) in [4.78, 5) is 43.0. The van der Waals surface area contributed by atoms with E-state index in [-0.39, 0.29) is 24.8 Å². The van der Waals surface area contributed by atoms with Crippen molar-refractivity contribution in [3.8, 4) is 22.6 Å². The van der Waals surface area contributed by atoms with Gasteiger partial charge in [-0.2, -0.15) is 0 Å². The Kier molecular flexibility index (Phi) is 11.1. The number of ether oxygens (including phenoxy) is 4. The van der Waals surface area contributed by atoms with Crippen LogP contribution in [0, 0.1) is 13.8 Å². The second kappa shape index (κ2) is 15.8. The van der Waals surface area contributed by atoms with Gasteiger partial charge in [0.2, 0.25) is 0 Å². The molecule has 5 heterocycles. The number of hydrogen-bond donors (Lipinski definition) is 2. The maximum Gasteiger partial charge on any atom is 0.305 e. The van der Waals surface area contributed by atoms with E-state index in [1.807, 2.05) is 18.2 Å². The summed E-state index contributed by atoms with van der Waals surface area (Å²) in [5, 5.41) is 0. The zero-order chi connectivity index (χ0) is 38.8. The van der Waals surface area contributed by atoms with Crippen molar-refractivity contribution in [2.45, 2.75) is 80.1 Å². The maximum absolute atomic E-state index is 12.4. The Hall–Kier alpha value is -5.64. The van der Waals surface area contributed by atoms with Crippen LogP contribution in [0.2, 0.25) is 0 Å². The second-order valence-corrected chi connectivity index (χ2v) is 13.8. The van der Waals surface area contributed by atoms with Crippen molar-refractivity contribution < 1.29 is 28.5 Å². The van der Waals surface area contributed by atoms with Crippen LogP contribution in [-0.2, 0) is 31.9 Å². The molecule has 3 aromatic heterocycles. The molecular weight excluding hydrogens is 681 g/mol. The molecule has 8 bridgehead atoms. The number of aromatic amines is 2. The number of esters is 2. The van der Waals surface area contributed by atoms with Gasteiger partial charge in [-0.05, 0) is 134 Å². The summed E-state index contributed by atoms with van der Waals surface area (Å²) in [6.07, 6.45) is 2.98. The molecule has 0 amide bonds. The van der Waals surface area contributed by atoms with E-state index >= 15 is 0 Å². The molecule has 0 unspecified atom stereocenters. The molecule has 0 saturated carbocycles. The van der Waals surface area contributed by atoms with Crippen molar-refractivity contribution in [1.29, 1.82) is 0 Å². The number of H-pyrrole nitrogens is 2. The zero-order valence-electron chi connectivity index (χ0n) is 33.1. The Bertz CT molecular complexity index is 2240. The van der Waals surface area contributed by atoms with Gasteiger partial charge in [0.15, 0.2) is 0 Å². The summed E-state index contributed by atoms with van der Waals surface area (Å²) in [7, 11) is 6.13. The summed E-state index contributed by atoms with van der Waals surface area (Å²) in [6.45, 7) is 12.7. The predicted octanol–water partition coefficient (Wildman–Crippen LogP) is 9.51. The summed E-state index contributed by atoms with van der Waals surface area (Å²) in [5.74, 6) is 0.788. The number of allylic oxidation sites excluding steroid dienone is 4. The van der Waals surface area contributed by atoms with Gasteiger partial charge < -0.3 is 28.9 Å². The van der Waals surface area contributed by atoms with Crippen LogP contribution >= 0.6 is 0 Å². The van der Waals surface area contributed by atoms with Gasteiger partial charge in [-0.25, -0.2) is 9.97 Å². The van der Waals surface area contributed by atoms with Crippen LogP contribution in [0.1, 0.15) is 98.4 Å². The first kappa shape index (κ1) is 38.1. The minimum atomic E-state index is -0.274. The molecule has 1 aromatic carbocycles. The van der Waals surface area contributed by atoms with Crippen LogP contribution in [0.3, 0.4) is 0 Å². The van der Waals surface area contributed by atoms with Crippen LogP contribution in [0.25, 0.3) is 55.5 Å². The third kappa shape index (κ3) is 7.05. The predicted molar refractivity (Wildman–Crippen MR) is 215 cm³/mol. The van der Waals surface area contributed by atoms with Crippen LogP contribution in [0.4, 0.5) is 0 Å². The highest BCUT2D eigenvalue weighted by Gasteiger charge is 2.27. The molecule has 10 nitrogen and oxygen atoms in total. The van der Waals surface area contributed by atoms with Gasteiger partial charge >= 0.3 is 11.9 Å². The van der Waals surface area contributed by atoms with Crippen molar-refractivity contribution in [3.63, 3.8) is 0 Å². The van der Waals surface area contributed by atoms with Crippen LogP contribution in [0.15, 0.2) is 36.4 Å². The Morgan fingerprint density at radius 2 is 1.02 bits per heavy atom. The number of aromatic nitrogens is 4. The second-order valence-electron chi connectivity index (χ2n) is 13.8. The molecule has 0 fully saturated rings. The highest BCUT2D eigenvalue weighted by atomic mass is 16.5. The number of aryl methyl sites for hydroxylation is 4. The normalized spacial score (nSPS) is 12.7. The smallest absolute Gasteiger partial charge is 0.305 e. The topological polar surface area (TPSA) is 128 Å². The zero-order valence-corrected chi connectivity index (χ0v) is 33.1. The molecule has 0 saturated heterocycles. The Balaban J connectivity index is 1.83. The standard InChI is InChI=1S/C44H50N4O6/c1-11-30-25(5)43-42(27-17-28(51-7)19-29(18-27)52-8)44-26(6)31(12-2)37(48-44)21-35-24(4)33(14-16-41(50)54-10)39(46-35)22-38-32(13-15-40(49)53-9)23(3)34(45-38)20-36(30)47-43/h17-22,45-46H,11-16H2,1-10H3. The number of carbonyl (C=O) groups is 2. The maximum atomic E-state index is 12.4. The highest BCUT2D eigenvalue weighted by Crippen LogP contribution is 2.45.